The molecule has 0 aliphatic heterocycles. The Morgan fingerprint density at radius 2 is 1.97 bits per heavy atom. The summed E-state index contributed by atoms with van der Waals surface area (Å²) in [5, 5.41) is 8.49. The molecule has 1 amide bonds. The minimum absolute atomic E-state index is 0.00364. The van der Waals surface area contributed by atoms with Crippen molar-refractivity contribution in [2.75, 3.05) is 7.11 Å². The van der Waals surface area contributed by atoms with E-state index in [1.54, 1.807) is 23.9 Å². The largest absolute Gasteiger partial charge is 0.479 e. The normalized spacial score (nSPS) is 15.1. The van der Waals surface area contributed by atoms with Crippen LogP contribution in [-0.4, -0.2) is 27.8 Å². The molecule has 0 bridgehead atoms. The lowest BCUT2D eigenvalue weighted by Crippen LogP contribution is -2.50. The predicted molar refractivity (Wildman–Crippen MR) is 113 cm³/mol. The topological polar surface area (TPSA) is 69.0 Å². The summed E-state index contributed by atoms with van der Waals surface area (Å²) in [6.07, 6.45) is 3.76. The van der Waals surface area contributed by atoms with Gasteiger partial charge in [-0.25, -0.2) is 14.1 Å². The van der Waals surface area contributed by atoms with Crippen LogP contribution in [0.25, 0.3) is 11.0 Å². The number of carbonyl (C=O) groups is 1. The molecule has 2 aromatic heterocycles. The Kier molecular flexibility index (Phi) is 5.22. The molecule has 158 valence electrons. The molecule has 2 heterocycles. The lowest BCUT2D eigenvalue weighted by atomic mass is 9.71. The van der Waals surface area contributed by atoms with E-state index < -0.39 is 0 Å². The highest BCUT2D eigenvalue weighted by Crippen LogP contribution is 2.41. The van der Waals surface area contributed by atoms with Crippen molar-refractivity contribution >= 4 is 16.9 Å². The zero-order valence-electron chi connectivity index (χ0n) is 17.9. The van der Waals surface area contributed by atoms with E-state index in [0.717, 1.165) is 52.7 Å². The van der Waals surface area contributed by atoms with Crippen molar-refractivity contribution in [1.82, 2.24) is 20.1 Å². The lowest BCUT2D eigenvalue weighted by molar-refractivity contribution is -0.124. The fourth-order valence-corrected chi connectivity index (χ4v) is 4.46. The highest BCUT2D eigenvalue weighted by molar-refractivity contribution is 5.86. The number of benzene rings is 1. The lowest BCUT2D eigenvalue weighted by Gasteiger charge is -2.43. The average molecular weight is 410 g/mol. The quantitative estimate of drug-likeness (QED) is 0.670. The third-order valence-electron chi connectivity index (χ3n) is 6.30. The maximum Gasteiger partial charge on any atom is 0.242 e. The van der Waals surface area contributed by atoms with E-state index in [1.807, 2.05) is 20.9 Å². The molecular formula is C23H27FN4O2. The van der Waals surface area contributed by atoms with Crippen LogP contribution in [0.1, 0.15) is 48.1 Å². The van der Waals surface area contributed by atoms with Crippen molar-refractivity contribution in [1.29, 1.82) is 0 Å². The number of pyridine rings is 1. The number of fused-ring (bicyclic) bond motifs is 1. The van der Waals surface area contributed by atoms with Gasteiger partial charge in [0.15, 0.2) is 5.65 Å². The summed E-state index contributed by atoms with van der Waals surface area (Å²) in [6.45, 7) is 3.99. The van der Waals surface area contributed by atoms with Crippen molar-refractivity contribution in [3.05, 3.63) is 52.5 Å². The molecule has 4 rings (SSSR count). The molecule has 3 aromatic rings. The van der Waals surface area contributed by atoms with E-state index in [1.165, 1.54) is 12.1 Å². The Hall–Kier alpha value is -2.96. The Balaban J connectivity index is 1.52. The average Bonchev–Trinajstić information content (AvgIpc) is 3.01. The number of aryl methyl sites for hydroxylation is 3. The van der Waals surface area contributed by atoms with Crippen molar-refractivity contribution in [2.24, 2.45) is 7.05 Å². The number of hydrogen-bond acceptors (Lipinski definition) is 4. The van der Waals surface area contributed by atoms with Crippen LogP contribution >= 0.6 is 0 Å². The molecule has 0 spiro atoms. The molecule has 6 nitrogen and oxygen atoms in total. The van der Waals surface area contributed by atoms with Gasteiger partial charge >= 0.3 is 0 Å². The smallest absolute Gasteiger partial charge is 0.242 e. The fourth-order valence-electron chi connectivity index (χ4n) is 4.46. The number of hydrogen-bond donors (Lipinski definition) is 1. The molecule has 1 saturated carbocycles. The minimum Gasteiger partial charge on any atom is -0.479 e. The highest BCUT2D eigenvalue weighted by atomic mass is 19.1. The standard InChI is InChI=1S/C23H27FN4O2/c1-14-18(15(2)25-21-20(14)22(30-4)27-28(21)3)10-11-19(29)26-23(12-5-13-23)16-6-8-17(24)9-7-16/h6-9H,5,10-13H2,1-4H3,(H,26,29). The van der Waals surface area contributed by atoms with Crippen LogP contribution in [0.15, 0.2) is 24.3 Å². The van der Waals surface area contributed by atoms with E-state index >= 15 is 0 Å². The zero-order valence-corrected chi connectivity index (χ0v) is 17.9. The van der Waals surface area contributed by atoms with Gasteiger partial charge in [0, 0.05) is 19.2 Å². The van der Waals surface area contributed by atoms with E-state index in [-0.39, 0.29) is 17.3 Å². The van der Waals surface area contributed by atoms with Crippen LogP contribution in [-0.2, 0) is 23.8 Å². The number of ether oxygens (including phenoxy) is 1. The highest BCUT2D eigenvalue weighted by Gasteiger charge is 2.39. The van der Waals surface area contributed by atoms with E-state index in [2.05, 4.69) is 10.4 Å². The van der Waals surface area contributed by atoms with Gasteiger partial charge in [0.2, 0.25) is 11.8 Å². The minimum atomic E-state index is -0.371. The molecule has 0 radical (unpaired) electrons. The third-order valence-corrected chi connectivity index (χ3v) is 6.30. The van der Waals surface area contributed by atoms with Gasteiger partial charge in [-0.1, -0.05) is 12.1 Å². The predicted octanol–water partition coefficient (Wildman–Crippen LogP) is 3.86. The second kappa shape index (κ2) is 7.70. The SMILES string of the molecule is COc1nn(C)c2nc(C)c(CCC(=O)NC3(c4ccc(F)cc4)CCC3)c(C)c12. The number of halogens is 1. The summed E-state index contributed by atoms with van der Waals surface area (Å²) < 4.78 is 20.4. The van der Waals surface area contributed by atoms with Gasteiger partial charge in [0.05, 0.1) is 18.0 Å². The first kappa shape index (κ1) is 20.3. The van der Waals surface area contributed by atoms with E-state index in [0.29, 0.717) is 18.7 Å². The summed E-state index contributed by atoms with van der Waals surface area (Å²) in [6, 6.07) is 6.46. The Morgan fingerprint density at radius 3 is 2.57 bits per heavy atom. The fraction of sp³-hybridized carbons (Fsp3) is 0.435. The van der Waals surface area contributed by atoms with Crippen molar-refractivity contribution < 1.29 is 13.9 Å². The Morgan fingerprint density at radius 1 is 1.27 bits per heavy atom. The molecule has 0 unspecified atom stereocenters. The number of nitrogens with zero attached hydrogens (tertiary/aromatic N) is 3. The Bertz CT molecular complexity index is 1100. The molecule has 30 heavy (non-hydrogen) atoms. The second-order valence-corrected chi connectivity index (χ2v) is 8.12. The molecule has 0 atom stereocenters. The van der Waals surface area contributed by atoms with Gasteiger partial charge in [-0.15, -0.1) is 5.10 Å². The molecule has 1 aromatic carbocycles. The summed E-state index contributed by atoms with van der Waals surface area (Å²) in [7, 11) is 3.44. The number of nitrogens with one attached hydrogen (secondary N) is 1. The van der Waals surface area contributed by atoms with Crippen LogP contribution in [0.5, 0.6) is 5.88 Å². The molecule has 7 heteroatoms. The van der Waals surface area contributed by atoms with Crippen LogP contribution in [0.2, 0.25) is 0 Å². The molecule has 1 aliphatic carbocycles. The summed E-state index contributed by atoms with van der Waals surface area (Å²) in [5.74, 6) is 0.281. The third kappa shape index (κ3) is 3.42. The number of methoxy groups -OCH3 is 1. The molecule has 0 saturated heterocycles. The van der Waals surface area contributed by atoms with E-state index in [9.17, 15) is 9.18 Å². The van der Waals surface area contributed by atoms with Gasteiger partial charge in [0.1, 0.15) is 5.82 Å². The number of aromatic nitrogens is 3. The van der Waals surface area contributed by atoms with Crippen molar-refractivity contribution in [2.45, 2.75) is 51.5 Å². The number of amides is 1. The summed E-state index contributed by atoms with van der Waals surface area (Å²) in [4.78, 5) is 17.5. The van der Waals surface area contributed by atoms with Crippen molar-refractivity contribution in [3.63, 3.8) is 0 Å². The summed E-state index contributed by atoms with van der Waals surface area (Å²) >= 11 is 0. The molecule has 1 fully saturated rings. The van der Waals surface area contributed by atoms with Gasteiger partial charge in [-0.2, -0.15) is 0 Å². The molecular weight excluding hydrogens is 383 g/mol. The maximum absolute atomic E-state index is 13.3. The van der Waals surface area contributed by atoms with Gasteiger partial charge < -0.3 is 10.1 Å². The molecule has 1 N–H and O–H groups in total. The number of carbonyl (C=O) groups excluding carboxylic acids is 1. The first-order chi connectivity index (χ1) is 14.3. The van der Waals surface area contributed by atoms with Crippen LogP contribution in [0.3, 0.4) is 0 Å². The van der Waals surface area contributed by atoms with Gasteiger partial charge in [-0.3, -0.25) is 4.79 Å². The second-order valence-electron chi connectivity index (χ2n) is 8.12. The van der Waals surface area contributed by atoms with Crippen LogP contribution in [0.4, 0.5) is 4.39 Å². The van der Waals surface area contributed by atoms with Gasteiger partial charge in [0.25, 0.3) is 0 Å². The van der Waals surface area contributed by atoms with Crippen LogP contribution in [0, 0.1) is 19.7 Å². The summed E-state index contributed by atoms with van der Waals surface area (Å²) in [5.41, 5.74) is 4.37. The Labute approximate surface area is 175 Å². The first-order valence-electron chi connectivity index (χ1n) is 10.3. The van der Waals surface area contributed by atoms with Crippen LogP contribution < -0.4 is 10.1 Å². The number of rotatable bonds is 6. The molecule has 1 aliphatic rings. The van der Waals surface area contributed by atoms with Crippen molar-refractivity contribution in [3.8, 4) is 5.88 Å². The first-order valence-corrected chi connectivity index (χ1v) is 10.3. The van der Waals surface area contributed by atoms with E-state index in [4.69, 9.17) is 9.72 Å². The maximum atomic E-state index is 13.3. The van der Waals surface area contributed by atoms with Gasteiger partial charge in [-0.05, 0) is 68.4 Å². The zero-order chi connectivity index (χ0) is 21.5. The monoisotopic (exact) mass is 410 g/mol.